The lowest BCUT2D eigenvalue weighted by Gasteiger charge is -1.99. The van der Waals surface area contributed by atoms with Crippen LogP contribution in [0.15, 0.2) is 47.4 Å². The fraction of sp³-hybridized carbons (Fsp3) is 0. The fourth-order valence-corrected chi connectivity index (χ4v) is 1.87. The van der Waals surface area contributed by atoms with Crippen molar-refractivity contribution in [1.29, 1.82) is 5.26 Å². The van der Waals surface area contributed by atoms with Crippen LogP contribution in [0.5, 0.6) is 0 Å². The van der Waals surface area contributed by atoms with Gasteiger partial charge < -0.3 is 0 Å². The molecule has 19 heavy (non-hydrogen) atoms. The minimum absolute atomic E-state index is 0.225. The van der Waals surface area contributed by atoms with Crippen LogP contribution >= 0.6 is 11.8 Å². The number of nitrogens with zero attached hydrogens (tertiary/aromatic N) is 1. The minimum atomic E-state index is -0.763. The molecule has 0 saturated carbocycles. The Morgan fingerprint density at radius 3 is 2.16 bits per heavy atom. The maximum Gasteiger partial charge on any atom is 0.142 e. The molecule has 4 heteroatoms. The molecule has 92 valence electrons. The summed E-state index contributed by atoms with van der Waals surface area (Å²) in [5, 5.41) is 10.2. The molecule has 0 aliphatic carbocycles. The molecule has 2 aromatic carbocycles. The lowest BCUT2D eigenvalue weighted by atomic mass is 10.1. The van der Waals surface area contributed by atoms with Gasteiger partial charge in [0.05, 0.1) is 5.56 Å². The summed E-state index contributed by atoms with van der Waals surface area (Å²) in [7, 11) is 0. The molecule has 0 amide bonds. The van der Waals surface area contributed by atoms with Crippen molar-refractivity contribution in [3.8, 4) is 17.2 Å². The first-order valence-electron chi connectivity index (χ1n) is 5.33. The van der Waals surface area contributed by atoms with Gasteiger partial charge in [-0.3, -0.25) is 0 Å². The van der Waals surface area contributed by atoms with Crippen LogP contribution in [0, 0.1) is 34.1 Å². The van der Waals surface area contributed by atoms with Crippen LogP contribution in [0.2, 0.25) is 0 Å². The monoisotopic (exact) mass is 271 g/mol. The molecule has 0 aliphatic heterocycles. The van der Waals surface area contributed by atoms with Gasteiger partial charge in [-0.1, -0.05) is 30.0 Å². The van der Waals surface area contributed by atoms with Gasteiger partial charge >= 0.3 is 0 Å². The number of halogens is 2. The molecular weight excluding hydrogens is 264 g/mol. The summed E-state index contributed by atoms with van der Waals surface area (Å²) in [6, 6.07) is 11.1. The Morgan fingerprint density at radius 1 is 0.947 bits per heavy atom. The highest BCUT2D eigenvalue weighted by molar-refractivity contribution is 8.03. The number of thioether (sulfide) groups is 1. The van der Waals surface area contributed by atoms with Crippen LogP contribution in [-0.4, -0.2) is 0 Å². The average molecular weight is 271 g/mol. The van der Waals surface area contributed by atoms with E-state index in [-0.39, 0.29) is 10.5 Å². The molecule has 0 atom stereocenters. The molecule has 0 heterocycles. The number of nitriles is 1. The standard InChI is InChI=1S/C15H7F2NS/c16-14-8-12(19-10-18)9-15(17)13(14)7-6-11-4-2-1-3-5-11/h1-5,8-9H. The van der Waals surface area contributed by atoms with Crippen molar-refractivity contribution in [2.75, 3.05) is 0 Å². The predicted octanol–water partition coefficient (Wildman–Crippen LogP) is 3.94. The highest BCUT2D eigenvalue weighted by Crippen LogP contribution is 2.22. The number of thiocyanates is 1. The van der Waals surface area contributed by atoms with Gasteiger partial charge in [-0.15, -0.1) is 0 Å². The van der Waals surface area contributed by atoms with Gasteiger partial charge in [0.25, 0.3) is 0 Å². The van der Waals surface area contributed by atoms with Gasteiger partial charge in [0.1, 0.15) is 17.0 Å². The Labute approximate surface area is 113 Å². The molecule has 0 radical (unpaired) electrons. The Kier molecular flexibility index (Phi) is 4.18. The molecule has 0 aromatic heterocycles. The molecule has 2 aromatic rings. The molecule has 0 spiro atoms. The first-order valence-corrected chi connectivity index (χ1v) is 6.14. The number of hydrogen-bond donors (Lipinski definition) is 0. The molecule has 0 saturated heterocycles. The summed E-state index contributed by atoms with van der Waals surface area (Å²) in [6.45, 7) is 0. The topological polar surface area (TPSA) is 23.8 Å². The summed E-state index contributed by atoms with van der Waals surface area (Å²) in [5.74, 6) is 3.64. The highest BCUT2D eigenvalue weighted by atomic mass is 32.2. The Morgan fingerprint density at radius 2 is 1.58 bits per heavy atom. The van der Waals surface area contributed by atoms with Gasteiger partial charge in [-0.05, 0) is 36.0 Å². The van der Waals surface area contributed by atoms with Gasteiger partial charge in [-0.2, -0.15) is 5.26 Å². The van der Waals surface area contributed by atoms with Crippen molar-refractivity contribution in [3.63, 3.8) is 0 Å². The van der Waals surface area contributed by atoms with Crippen molar-refractivity contribution < 1.29 is 8.78 Å². The van der Waals surface area contributed by atoms with Crippen LogP contribution in [0.4, 0.5) is 8.78 Å². The van der Waals surface area contributed by atoms with E-state index in [2.05, 4.69) is 11.8 Å². The zero-order valence-electron chi connectivity index (χ0n) is 9.65. The second kappa shape index (κ2) is 6.04. The molecule has 0 N–H and O–H groups in total. The lowest BCUT2D eigenvalue weighted by molar-refractivity contribution is 0.572. The molecule has 0 bridgehead atoms. The second-order valence-corrected chi connectivity index (χ2v) is 4.43. The van der Waals surface area contributed by atoms with Crippen LogP contribution in [0.25, 0.3) is 0 Å². The van der Waals surface area contributed by atoms with E-state index in [0.717, 1.165) is 12.1 Å². The molecule has 0 unspecified atom stereocenters. The van der Waals surface area contributed by atoms with Crippen LogP contribution in [-0.2, 0) is 0 Å². The summed E-state index contributed by atoms with van der Waals surface area (Å²) in [5.41, 5.74) is 0.392. The predicted molar refractivity (Wildman–Crippen MR) is 70.3 cm³/mol. The van der Waals surface area contributed by atoms with Crippen molar-refractivity contribution in [1.82, 2.24) is 0 Å². The first-order chi connectivity index (χ1) is 9.20. The maximum atomic E-state index is 13.7. The largest absolute Gasteiger partial charge is 0.205 e. The molecule has 0 fully saturated rings. The van der Waals surface area contributed by atoms with Crippen LogP contribution < -0.4 is 0 Å². The average Bonchev–Trinajstić information content (AvgIpc) is 2.39. The van der Waals surface area contributed by atoms with Crippen molar-refractivity contribution in [2.24, 2.45) is 0 Å². The third-order valence-corrected chi connectivity index (χ3v) is 2.85. The van der Waals surface area contributed by atoms with Crippen molar-refractivity contribution >= 4 is 11.8 Å². The Balaban J connectivity index is 2.37. The SMILES string of the molecule is N#CSc1cc(F)c(C#Cc2ccccc2)c(F)c1. The number of benzene rings is 2. The zero-order valence-corrected chi connectivity index (χ0v) is 10.5. The molecule has 0 aliphatic rings. The lowest BCUT2D eigenvalue weighted by Crippen LogP contribution is -1.91. The van der Waals surface area contributed by atoms with Crippen LogP contribution in [0.1, 0.15) is 11.1 Å². The molecular formula is C15H7F2NS. The van der Waals surface area contributed by atoms with E-state index in [0.29, 0.717) is 17.3 Å². The summed E-state index contributed by atoms with van der Waals surface area (Å²) in [4.78, 5) is 0.225. The van der Waals surface area contributed by atoms with Gasteiger partial charge in [0.15, 0.2) is 0 Å². The van der Waals surface area contributed by atoms with E-state index in [9.17, 15) is 8.78 Å². The maximum absolute atomic E-state index is 13.7. The number of hydrogen-bond acceptors (Lipinski definition) is 2. The van der Waals surface area contributed by atoms with E-state index >= 15 is 0 Å². The zero-order chi connectivity index (χ0) is 13.7. The first kappa shape index (κ1) is 13.1. The van der Waals surface area contributed by atoms with E-state index in [1.165, 1.54) is 0 Å². The third-order valence-electron chi connectivity index (χ3n) is 2.28. The number of rotatable bonds is 1. The smallest absolute Gasteiger partial charge is 0.142 e. The third kappa shape index (κ3) is 3.34. The van der Waals surface area contributed by atoms with E-state index < -0.39 is 11.6 Å². The second-order valence-electron chi connectivity index (χ2n) is 3.57. The molecule has 2 rings (SSSR count). The normalized spacial score (nSPS) is 9.32. The van der Waals surface area contributed by atoms with Crippen molar-refractivity contribution in [3.05, 3.63) is 65.2 Å². The Hall–Kier alpha value is -2.30. The quantitative estimate of drug-likeness (QED) is 0.445. The van der Waals surface area contributed by atoms with Gasteiger partial charge in [-0.25, -0.2) is 8.78 Å². The molecule has 1 nitrogen and oxygen atoms in total. The van der Waals surface area contributed by atoms with E-state index in [4.69, 9.17) is 5.26 Å². The van der Waals surface area contributed by atoms with Crippen molar-refractivity contribution in [2.45, 2.75) is 4.90 Å². The fourth-order valence-electron chi connectivity index (χ4n) is 1.44. The summed E-state index contributed by atoms with van der Waals surface area (Å²) >= 11 is 0.704. The van der Waals surface area contributed by atoms with Crippen LogP contribution in [0.3, 0.4) is 0 Å². The van der Waals surface area contributed by atoms with Gasteiger partial charge in [0, 0.05) is 10.5 Å². The van der Waals surface area contributed by atoms with E-state index in [1.807, 2.05) is 6.07 Å². The Bertz CT molecular complexity index is 671. The summed E-state index contributed by atoms with van der Waals surface area (Å²) in [6.07, 6.45) is 0. The van der Waals surface area contributed by atoms with E-state index in [1.54, 1.807) is 29.7 Å². The minimum Gasteiger partial charge on any atom is -0.205 e. The highest BCUT2D eigenvalue weighted by Gasteiger charge is 2.09. The summed E-state index contributed by atoms with van der Waals surface area (Å²) < 4.78 is 27.3. The van der Waals surface area contributed by atoms with Gasteiger partial charge in [0.2, 0.25) is 0 Å².